The summed E-state index contributed by atoms with van der Waals surface area (Å²) in [6, 6.07) is 14.8. The van der Waals surface area contributed by atoms with E-state index in [0.717, 1.165) is 22.0 Å². The van der Waals surface area contributed by atoms with Crippen LogP contribution in [0.2, 0.25) is 0 Å². The Balaban J connectivity index is 1.65. The van der Waals surface area contributed by atoms with Crippen molar-refractivity contribution in [2.75, 3.05) is 12.4 Å². The molecular weight excluding hydrogens is 462 g/mol. The second kappa shape index (κ2) is 10.4. The molecule has 7 nitrogen and oxygen atoms in total. The van der Waals surface area contributed by atoms with Gasteiger partial charge >= 0.3 is 5.97 Å². The fourth-order valence-electron chi connectivity index (χ4n) is 4.13. The van der Waals surface area contributed by atoms with Crippen LogP contribution in [0.5, 0.6) is 5.75 Å². The van der Waals surface area contributed by atoms with Crippen molar-refractivity contribution in [2.45, 2.75) is 46.3 Å². The largest absolute Gasteiger partial charge is 0.497 e. The zero-order valence-electron chi connectivity index (χ0n) is 20.5. The number of benzene rings is 2. The fraction of sp³-hybridized carbons (Fsp3) is 0.296. The Morgan fingerprint density at radius 3 is 2.63 bits per heavy atom. The standard InChI is InChI=1S/C27H29N3O4S/c1-16(2)34-26(32)24-18(4)28-27-30(25(24)19-9-6-8-17(3)12-19)21(15-35-27)14-23(31)29-20-10-7-11-22(13-20)33-5/h6-13,15-16,25H,14H2,1-5H3,(H,29,31). The lowest BCUT2D eigenvalue weighted by Crippen LogP contribution is -2.37. The van der Waals surface area contributed by atoms with Gasteiger partial charge in [-0.05, 0) is 50.8 Å². The molecule has 2 aromatic rings. The van der Waals surface area contributed by atoms with E-state index in [4.69, 9.17) is 14.5 Å². The Bertz CT molecular complexity index is 1250. The Morgan fingerprint density at radius 1 is 1.14 bits per heavy atom. The minimum absolute atomic E-state index is 0.122. The number of hydrogen-bond acceptors (Lipinski definition) is 7. The molecule has 182 valence electrons. The van der Waals surface area contributed by atoms with Crippen LogP contribution in [0.4, 0.5) is 5.69 Å². The molecule has 0 radical (unpaired) electrons. The van der Waals surface area contributed by atoms with Crippen molar-refractivity contribution in [3.05, 3.63) is 82.0 Å². The molecule has 0 aliphatic carbocycles. The molecule has 0 saturated carbocycles. The average molecular weight is 492 g/mol. The van der Waals surface area contributed by atoms with Crippen molar-refractivity contribution in [1.82, 2.24) is 4.90 Å². The van der Waals surface area contributed by atoms with Crippen molar-refractivity contribution in [3.8, 4) is 5.75 Å². The number of fused-ring (bicyclic) bond motifs is 1. The number of nitrogens with one attached hydrogen (secondary N) is 1. The zero-order chi connectivity index (χ0) is 25.1. The number of esters is 1. The molecule has 1 N–H and O–H groups in total. The number of aryl methyl sites for hydroxylation is 1. The highest BCUT2D eigenvalue weighted by Crippen LogP contribution is 2.45. The molecular formula is C27H29N3O4S. The molecule has 0 saturated heterocycles. The molecule has 0 spiro atoms. The molecule has 1 unspecified atom stereocenters. The number of amides is 1. The number of nitrogens with zero attached hydrogens (tertiary/aromatic N) is 2. The summed E-state index contributed by atoms with van der Waals surface area (Å²) in [5.41, 5.74) is 4.54. The molecule has 35 heavy (non-hydrogen) atoms. The second-order valence-corrected chi connectivity index (χ2v) is 9.55. The molecule has 4 rings (SSSR count). The third-order valence-corrected chi connectivity index (χ3v) is 6.51. The number of allylic oxidation sites excluding steroid dienone is 1. The van der Waals surface area contributed by atoms with Gasteiger partial charge in [0, 0.05) is 17.5 Å². The summed E-state index contributed by atoms with van der Waals surface area (Å²) in [5.74, 6) is 0.0909. The van der Waals surface area contributed by atoms with Gasteiger partial charge in [-0.3, -0.25) is 4.79 Å². The minimum Gasteiger partial charge on any atom is -0.497 e. The van der Waals surface area contributed by atoms with Gasteiger partial charge in [0.05, 0.1) is 36.9 Å². The fourth-order valence-corrected chi connectivity index (χ4v) is 5.10. The lowest BCUT2D eigenvalue weighted by Gasteiger charge is -2.36. The van der Waals surface area contributed by atoms with Crippen LogP contribution in [0.15, 0.2) is 75.9 Å². The Hall–Kier alpha value is -3.52. The number of aliphatic imine (C=N–C) groups is 1. The molecule has 0 bridgehead atoms. The highest BCUT2D eigenvalue weighted by molar-refractivity contribution is 8.16. The first kappa shape index (κ1) is 24.6. The first-order valence-corrected chi connectivity index (χ1v) is 12.3. The summed E-state index contributed by atoms with van der Waals surface area (Å²) in [5, 5.41) is 5.60. The minimum atomic E-state index is -0.445. The van der Waals surface area contributed by atoms with E-state index in [1.54, 1.807) is 13.2 Å². The maximum absolute atomic E-state index is 13.2. The highest BCUT2D eigenvalue weighted by atomic mass is 32.2. The van der Waals surface area contributed by atoms with Crippen LogP contribution in [0, 0.1) is 6.92 Å². The topological polar surface area (TPSA) is 80.2 Å². The molecule has 1 atom stereocenters. The number of anilines is 1. The van der Waals surface area contributed by atoms with Crippen molar-refractivity contribution in [2.24, 2.45) is 4.99 Å². The quantitative estimate of drug-likeness (QED) is 0.511. The van der Waals surface area contributed by atoms with E-state index in [0.29, 0.717) is 22.7 Å². The number of ether oxygens (including phenoxy) is 2. The molecule has 2 aliphatic heterocycles. The highest BCUT2D eigenvalue weighted by Gasteiger charge is 2.41. The Morgan fingerprint density at radius 2 is 1.91 bits per heavy atom. The number of hydrogen-bond donors (Lipinski definition) is 1. The first-order valence-electron chi connectivity index (χ1n) is 11.4. The van der Waals surface area contributed by atoms with Gasteiger partial charge in [-0.15, -0.1) is 0 Å². The van der Waals surface area contributed by atoms with Crippen LogP contribution in [0.25, 0.3) is 0 Å². The molecule has 1 amide bonds. The van der Waals surface area contributed by atoms with Gasteiger partial charge in [0.1, 0.15) is 5.75 Å². The van der Waals surface area contributed by atoms with Gasteiger partial charge in [-0.2, -0.15) is 0 Å². The SMILES string of the molecule is COc1cccc(NC(=O)CC2=CSC3=NC(C)=C(C(=O)OC(C)C)C(c4cccc(C)c4)N23)c1. The van der Waals surface area contributed by atoms with E-state index < -0.39 is 12.0 Å². The zero-order valence-corrected chi connectivity index (χ0v) is 21.3. The molecule has 0 fully saturated rings. The van der Waals surface area contributed by atoms with Gasteiger partial charge in [0.2, 0.25) is 5.91 Å². The Labute approximate surface area is 209 Å². The van der Waals surface area contributed by atoms with E-state index in [2.05, 4.69) is 11.4 Å². The van der Waals surface area contributed by atoms with Crippen molar-refractivity contribution in [3.63, 3.8) is 0 Å². The Kier molecular flexibility index (Phi) is 7.31. The van der Waals surface area contributed by atoms with Crippen LogP contribution in [-0.4, -0.2) is 35.2 Å². The van der Waals surface area contributed by atoms with Crippen molar-refractivity contribution in [1.29, 1.82) is 0 Å². The van der Waals surface area contributed by atoms with Gasteiger partial charge in [0.25, 0.3) is 0 Å². The van der Waals surface area contributed by atoms with E-state index in [9.17, 15) is 9.59 Å². The summed E-state index contributed by atoms with van der Waals surface area (Å²) in [6.45, 7) is 7.50. The summed E-state index contributed by atoms with van der Waals surface area (Å²) in [7, 11) is 1.58. The average Bonchev–Trinajstić information content (AvgIpc) is 3.19. The van der Waals surface area contributed by atoms with Crippen LogP contribution in [0.3, 0.4) is 0 Å². The van der Waals surface area contributed by atoms with Crippen LogP contribution >= 0.6 is 11.8 Å². The number of amidine groups is 1. The maximum atomic E-state index is 13.2. The van der Waals surface area contributed by atoms with Crippen LogP contribution in [0.1, 0.15) is 44.4 Å². The number of methoxy groups -OCH3 is 1. The number of carbonyl (C=O) groups is 2. The van der Waals surface area contributed by atoms with Gasteiger partial charge in [-0.25, -0.2) is 9.79 Å². The van der Waals surface area contributed by atoms with E-state index in [-0.39, 0.29) is 18.4 Å². The number of rotatable bonds is 7. The monoisotopic (exact) mass is 491 g/mol. The lowest BCUT2D eigenvalue weighted by atomic mass is 9.93. The molecule has 2 aromatic carbocycles. The van der Waals surface area contributed by atoms with Crippen LogP contribution < -0.4 is 10.1 Å². The molecule has 2 aliphatic rings. The summed E-state index contributed by atoms with van der Waals surface area (Å²) in [4.78, 5) is 32.9. The maximum Gasteiger partial charge on any atom is 0.338 e. The van der Waals surface area contributed by atoms with E-state index in [1.165, 1.54) is 11.8 Å². The first-order chi connectivity index (χ1) is 16.8. The molecule has 0 aromatic heterocycles. The van der Waals surface area contributed by atoms with E-state index in [1.807, 2.05) is 74.4 Å². The van der Waals surface area contributed by atoms with Crippen molar-refractivity contribution < 1.29 is 19.1 Å². The lowest BCUT2D eigenvalue weighted by molar-refractivity contribution is -0.143. The van der Waals surface area contributed by atoms with Gasteiger partial charge in [-0.1, -0.05) is 47.7 Å². The summed E-state index contributed by atoms with van der Waals surface area (Å²) in [6.07, 6.45) is -0.139. The predicted molar refractivity (Wildman–Crippen MR) is 139 cm³/mol. The summed E-state index contributed by atoms with van der Waals surface area (Å²) >= 11 is 1.45. The number of thioether (sulfide) groups is 1. The smallest absolute Gasteiger partial charge is 0.338 e. The molecule has 8 heteroatoms. The molecule has 2 heterocycles. The normalized spacial score (nSPS) is 17.1. The predicted octanol–water partition coefficient (Wildman–Crippen LogP) is 5.56. The third-order valence-electron chi connectivity index (χ3n) is 5.62. The van der Waals surface area contributed by atoms with Gasteiger partial charge in [0.15, 0.2) is 5.17 Å². The third kappa shape index (κ3) is 5.43. The van der Waals surface area contributed by atoms with Gasteiger partial charge < -0.3 is 19.7 Å². The van der Waals surface area contributed by atoms with Crippen molar-refractivity contribution >= 4 is 34.5 Å². The second-order valence-electron chi connectivity index (χ2n) is 8.72. The number of carbonyl (C=O) groups excluding carboxylic acids is 2. The van der Waals surface area contributed by atoms with E-state index >= 15 is 0 Å². The van der Waals surface area contributed by atoms with Crippen LogP contribution in [-0.2, 0) is 14.3 Å². The summed E-state index contributed by atoms with van der Waals surface area (Å²) < 4.78 is 10.8.